The summed E-state index contributed by atoms with van der Waals surface area (Å²) in [5, 5.41) is 5.13. The third-order valence-electron chi connectivity index (χ3n) is 5.33. The maximum Gasteiger partial charge on any atom is 0.224 e. The Labute approximate surface area is 198 Å². The molecule has 0 aliphatic carbocycles. The monoisotopic (exact) mass is 479 g/mol. The molecule has 4 N–H and O–H groups in total. The predicted octanol–water partition coefficient (Wildman–Crippen LogP) is 4.10. The van der Waals surface area contributed by atoms with Crippen LogP contribution >= 0.6 is 23.2 Å². The molecule has 0 aliphatic heterocycles. The van der Waals surface area contributed by atoms with Crippen LogP contribution in [0.15, 0.2) is 55.1 Å². The van der Waals surface area contributed by atoms with E-state index in [9.17, 15) is 4.79 Å². The second kappa shape index (κ2) is 8.73. The Kier molecular flexibility index (Phi) is 5.62. The molecule has 3 aromatic heterocycles. The van der Waals surface area contributed by atoms with Crippen LogP contribution in [-0.4, -0.2) is 30.4 Å². The van der Waals surface area contributed by atoms with Crippen LogP contribution in [0.1, 0.15) is 16.8 Å². The number of nitrogens with two attached hydrogens (primary N) is 1. The normalized spacial score (nSPS) is 11.3. The van der Waals surface area contributed by atoms with Crippen molar-refractivity contribution in [2.24, 2.45) is 0 Å². The van der Waals surface area contributed by atoms with Crippen molar-refractivity contribution in [2.75, 3.05) is 5.73 Å². The molecular formula is C23H19Cl2N7O. The Morgan fingerprint density at radius 3 is 2.82 bits per heavy atom. The first-order chi connectivity index (χ1) is 16.0. The number of imidazole rings is 1. The molecule has 166 valence electrons. The highest BCUT2D eigenvalue weighted by atomic mass is 35.5. The highest BCUT2D eigenvalue weighted by Crippen LogP contribution is 2.26. The third-order valence-corrected chi connectivity index (χ3v) is 5.78. The minimum absolute atomic E-state index is 0.0867. The van der Waals surface area contributed by atoms with Gasteiger partial charge in [0, 0.05) is 21.1 Å². The first-order valence-electron chi connectivity index (χ1n) is 10.2. The van der Waals surface area contributed by atoms with E-state index in [0.29, 0.717) is 40.1 Å². The summed E-state index contributed by atoms with van der Waals surface area (Å²) in [4.78, 5) is 28.4. The first kappa shape index (κ1) is 21.2. The zero-order valence-electron chi connectivity index (χ0n) is 17.3. The van der Waals surface area contributed by atoms with E-state index < -0.39 is 0 Å². The minimum atomic E-state index is -0.0867. The largest absolute Gasteiger partial charge is 0.382 e. The third kappa shape index (κ3) is 4.48. The minimum Gasteiger partial charge on any atom is -0.382 e. The summed E-state index contributed by atoms with van der Waals surface area (Å²) in [6.07, 6.45) is 3.36. The Bertz CT molecular complexity index is 1490. The van der Waals surface area contributed by atoms with Crippen molar-refractivity contribution in [2.45, 2.75) is 19.5 Å². The van der Waals surface area contributed by atoms with E-state index in [1.807, 2.05) is 34.9 Å². The van der Waals surface area contributed by atoms with E-state index >= 15 is 0 Å². The van der Waals surface area contributed by atoms with E-state index in [2.05, 4.69) is 25.3 Å². The fourth-order valence-electron chi connectivity index (χ4n) is 3.84. The number of fused-ring (bicyclic) bond motifs is 2. The highest BCUT2D eigenvalue weighted by molar-refractivity contribution is 6.31. The lowest BCUT2D eigenvalue weighted by Crippen LogP contribution is -2.24. The molecule has 8 nitrogen and oxygen atoms in total. The van der Waals surface area contributed by atoms with Gasteiger partial charge in [0.15, 0.2) is 11.5 Å². The molecule has 0 bridgehead atoms. The molecule has 0 atom stereocenters. The second-order valence-electron chi connectivity index (χ2n) is 7.71. The number of anilines is 1. The van der Waals surface area contributed by atoms with Crippen molar-refractivity contribution in [1.82, 2.24) is 29.8 Å². The van der Waals surface area contributed by atoms with E-state index in [0.717, 1.165) is 27.7 Å². The first-order valence-corrected chi connectivity index (χ1v) is 10.9. The Morgan fingerprint density at radius 2 is 1.97 bits per heavy atom. The summed E-state index contributed by atoms with van der Waals surface area (Å²) in [5.41, 5.74) is 10.7. The van der Waals surface area contributed by atoms with Crippen molar-refractivity contribution in [1.29, 1.82) is 0 Å². The number of hydrogen-bond donors (Lipinski definition) is 3. The lowest BCUT2D eigenvalue weighted by molar-refractivity contribution is -0.120. The Balaban J connectivity index is 1.36. The molecule has 0 saturated heterocycles. The van der Waals surface area contributed by atoms with Crippen molar-refractivity contribution >= 4 is 57.0 Å². The molecule has 5 rings (SSSR count). The van der Waals surface area contributed by atoms with Crippen LogP contribution in [0.2, 0.25) is 10.0 Å². The smallest absolute Gasteiger partial charge is 0.224 e. The summed E-state index contributed by atoms with van der Waals surface area (Å²) in [7, 11) is 0. The second-order valence-corrected chi connectivity index (χ2v) is 8.58. The summed E-state index contributed by atoms with van der Waals surface area (Å²) in [6.45, 7) is 0.855. The topological polar surface area (TPSA) is 115 Å². The van der Waals surface area contributed by atoms with E-state index in [1.54, 1.807) is 18.5 Å². The van der Waals surface area contributed by atoms with Gasteiger partial charge in [-0.25, -0.2) is 15.0 Å². The van der Waals surface area contributed by atoms with Gasteiger partial charge in [-0.3, -0.25) is 4.79 Å². The van der Waals surface area contributed by atoms with Crippen molar-refractivity contribution < 1.29 is 4.79 Å². The number of aromatic amines is 1. The quantitative estimate of drug-likeness (QED) is 0.339. The average molecular weight is 480 g/mol. The van der Waals surface area contributed by atoms with Crippen LogP contribution in [0.5, 0.6) is 0 Å². The number of halogens is 2. The standard InChI is InChI=1S/C23H19Cl2N7O/c24-16-3-1-2-13(4-16)5-19(33)27-9-18-8-14-6-17(25)7-15(20(14)31-18)10-32-12-30-21-22(26)28-11-29-23(21)32/h1-4,6-8,11-12,31H,5,9-10H2,(H,27,33)(H2,26,28,29). The highest BCUT2D eigenvalue weighted by Gasteiger charge is 2.13. The number of hydrogen-bond acceptors (Lipinski definition) is 5. The molecule has 0 radical (unpaired) electrons. The molecule has 1 amide bonds. The summed E-state index contributed by atoms with van der Waals surface area (Å²) >= 11 is 12.4. The maximum atomic E-state index is 12.4. The number of H-pyrrole nitrogens is 1. The van der Waals surface area contributed by atoms with Gasteiger partial charge < -0.3 is 20.6 Å². The van der Waals surface area contributed by atoms with Gasteiger partial charge in [0.05, 0.1) is 31.4 Å². The molecule has 5 aromatic rings. The number of nitrogens with one attached hydrogen (secondary N) is 2. The molecular weight excluding hydrogens is 461 g/mol. The fraction of sp³-hybridized carbons (Fsp3) is 0.130. The number of amides is 1. The number of benzene rings is 2. The number of nitrogens with zero attached hydrogens (tertiary/aromatic N) is 4. The lowest BCUT2D eigenvalue weighted by Gasteiger charge is -2.07. The van der Waals surface area contributed by atoms with Gasteiger partial charge in [-0.05, 0) is 41.5 Å². The Morgan fingerprint density at radius 1 is 1.09 bits per heavy atom. The molecule has 33 heavy (non-hydrogen) atoms. The SMILES string of the molecule is Nc1ncnc2c1ncn2Cc1cc(Cl)cc2cc(CNC(=O)Cc3cccc(Cl)c3)[nH]c12. The summed E-state index contributed by atoms with van der Waals surface area (Å²) in [6, 6.07) is 13.1. The number of aromatic nitrogens is 5. The molecule has 0 spiro atoms. The lowest BCUT2D eigenvalue weighted by atomic mass is 10.1. The number of rotatable bonds is 6. The van der Waals surface area contributed by atoms with Gasteiger partial charge in [-0.1, -0.05) is 35.3 Å². The van der Waals surface area contributed by atoms with E-state index in [4.69, 9.17) is 28.9 Å². The van der Waals surface area contributed by atoms with Crippen molar-refractivity contribution in [3.8, 4) is 0 Å². The zero-order valence-corrected chi connectivity index (χ0v) is 18.9. The van der Waals surface area contributed by atoms with Gasteiger partial charge in [0.25, 0.3) is 0 Å². The number of carbonyl (C=O) groups excluding carboxylic acids is 1. The van der Waals surface area contributed by atoms with Crippen LogP contribution in [0.3, 0.4) is 0 Å². The molecule has 0 aliphatic rings. The molecule has 2 aromatic carbocycles. The van der Waals surface area contributed by atoms with Crippen LogP contribution < -0.4 is 11.1 Å². The summed E-state index contributed by atoms with van der Waals surface area (Å²) < 4.78 is 1.89. The average Bonchev–Trinajstić information content (AvgIpc) is 3.37. The van der Waals surface area contributed by atoms with E-state index in [1.165, 1.54) is 6.33 Å². The van der Waals surface area contributed by atoms with Crippen LogP contribution in [0.4, 0.5) is 5.82 Å². The van der Waals surface area contributed by atoms with E-state index in [-0.39, 0.29) is 12.3 Å². The van der Waals surface area contributed by atoms with Gasteiger partial charge in [-0.15, -0.1) is 0 Å². The zero-order chi connectivity index (χ0) is 22.9. The van der Waals surface area contributed by atoms with Gasteiger partial charge >= 0.3 is 0 Å². The maximum absolute atomic E-state index is 12.4. The van der Waals surface area contributed by atoms with Crippen molar-refractivity contribution in [3.63, 3.8) is 0 Å². The van der Waals surface area contributed by atoms with Crippen LogP contribution in [0.25, 0.3) is 22.1 Å². The molecule has 10 heteroatoms. The van der Waals surface area contributed by atoms with Gasteiger partial charge in [-0.2, -0.15) is 0 Å². The number of nitrogen functional groups attached to an aromatic ring is 1. The summed E-state index contributed by atoms with van der Waals surface area (Å²) in [5.74, 6) is 0.252. The Hall–Kier alpha value is -3.62. The van der Waals surface area contributed by atoms with Crippen molar-refractivity contribution in [3.05, 3.63) is 82.0 Å². The van der Waals surface area contributed by atoms with Crippen LogP contribution in [0, 0.1) is 0 Å². The molecule has 0 unspecified atom stereocenters. The van der Waals surface area contributed by atoms with Gasteiger partial charge in [0.1, 0.15) is 11.8 Å². The molecule has 0 fully saturated rings. The molecule has 3 heterocycles. The molecule has 0 saturated carbocycles. The van der Waals surface area contributed by atoms with Crippen LogP contribution in [-0.2, 0) is 24.3 Å². The predicted molar refractivity (Wildman–Crippen MR) is 129 cm³/mol. The fourth-order valence-corrected chi connectivity index (χ4v) is 4.31. The number of carbonyl (C=O) groups is 1. The van der Waals surface area contributed by atoms with Gasteiger partial charge in [0.2, 0.25) is 5.91 Å².